The van der Waals surface area contributed by atoms with Crippen LogP contribution in [0.25, 0.3) is 0 Å². The van der Waals surface area contributed by atoms with Crippen molar-refractivity contribution in [3.8, 4) is 0 Å². The molecule has 2 heteroatoms. The van der Waals surface area contributed by atoms with E-state index in [0.717, 1.165) is 18.4 Å². The summed E-state index contributed by atoms with van der Waals surface area (Å²) in [7, 11) is 0. The molecule has 0 N–H and O–H groups in total. The molecule has 0 aromatic heterocycles. The number of rotatable bonds is 1. The Morgan fingerprint density at radius 2 is 2.18 bits per heavy atom. The summed E-state index contributed by atoms with van der Waals surface area (Å²) in [6, 6.07) is 0. The lowest BCUT2D eigenvalue weighted by molar-refractivity contribution is 0.541. The molecule has 11 heavy (non-hydrogen) atoms. The molecular formula is C9H14FN. The van der Waals surface area contributed by atoms with Crippen LogP contribution in [0.15, 0.2) is 29.0 Å². The first-order valence-corrected chi connectivity index (χ1v) is 3.94. The Kier molecular flexibility index (Phi) is 6.59. The quantitative estimate of drug-likeness (QED) is 0.515. The fourth-order valence-electron chi connectivity index (χ4n) is 0.786. The van der Waals surface area contributed by atoms with E-state index in [9.17, 15) is 4.48 Å². The highest BCUT2D eigenvalue weighted by Crippen LogP contribution is 2.06. The van der Waals surface area contributed by atoms with Gasteiger partial charge in [0, 0.05) is 0 Å². The smallest absolute Gasteiger partial charge is 0.0668 e. The minimum absolute atomic E-state index is 0.865. The summed E-state index contributed by atoms with van der Waals surface area (Å²) in [6.07, 6.45) is 9.11. The Bertz CT molecular complexity index is 164. The van der Waals surface area contributed by atoms with Crippen LogP contribution in [0.4, 0.5) is 4.48 Å². The summed E-state index contributed by atoms with van der Waals surface area (Å²) < 4.78 is 11.3. The maximum Gasteiger partial charge on any atom is 0.0668 e. The van der Waals surface area contributed by atoms with Crippen LogP contribution < -0.4 is 0 Å². The molecule has 1 aliphatic carbocycles. The first kappa shape index (κ1) is 10.1. The molecule has 0 saturated heterocycles. The molecule has 62 valence electrons. The van der Waals surface area contributed by atoms with E-state index in [-0.39, 0.29) is 0 Å². The highest BCUT2D eigenvalue weighted by atomic mass is 19.2. The topological polar surface area (TPSA) is 12.4 Å². The van der Waals surface area contributed by atoms with Crippen molar-refractivity contribution >= 4 is 6.21 Å². The lowest BCUT2D eigenvalue weighted by atomic mass is 10.1. The molecule has 0 spiro atoms. The fraction of sp³-hybridized carbons (Fsp3) is 0.444. The molecular weight excluding hydrogens is 141 g/mol. The summed E-state index contributed by atoms with van der Waals surface area (Å²) in [5, 5.41) is 2.41. The first-order chi connectivity index (χ1) is 5.43. The molecule has 1 rings (SSSR count). The maximum atomic E-state index is 11.3. The van der Waals surface area contributed by atoms with Crippen molar-refractivity contribution in [3.05, 3.63) is 23.8 Å². The molecule has 0 aliphatic heterocycles. The van der Waals surface area contributed by atoms with Crippen LogP contribution in [0.1, 0.15) is 26.7 Å². The molecule has 0 radical (unpaired) electrons. The van der Waals surface area contributed by atoms with Gasteiger partial charge in [-0.3, -0.25) is 0 Å². The van der Waals surface area contributed by atoms with Gasteiger partial charge in [-0.2, -0.15) is 0 Å². The van der Waals surface area contributed by atoms with E-state index >= 15 is 0 Å². The molecule has 0 amide bonds. The van der Waals surface area contributed by atoms with E-state index in [1.54, 1.807) is 0 Å². The van der Waals surface area contributed by atoms with Gasteiger partial charge >= 0.3 is 0 Å². The van der Waals surface area contributed by atoms with E-state index in [1.807, 2.05) is 32.1 Å². The Balaban J connectivity index is 0.000000461. The zero-order valence-corrected chi connectivity index (χ0v) is 7.05. The minimum Gasteiger partial charge on any atom is -0.0950 e. The molecule has 0 fully saturated rings. The molecule has 0 atom stereocenters. The molecule has 0 aromatic carbocycles. The first-order valence-electron chi connectivity index (χ1n) is 3.94. The summed E-state index contributed by atoms with van der Waals surface area (Å²) >= 11 is 0. The minimum atomic E-state index is 0.865. The van der Waals surface area contributed by atoms with Crippen LogP contribution >= 0.6 is 0 Å². The van der Waals surface area contributed by atoms with Gasteiger partial charge in [0.2, 0.25) is 0 Å². The predicted octanol–water partition coefficient (Wildman–Crippen LogP) is 3.24. The largest absolute Gasteiger partial charge is 0.0950 e. The van der Waals surface area contributed by atoms with Gasteiger partial charge in [0.1, 0.15) is 0 Å². The van der Waals surface area contributed by atoms with E-state index in [1.165, 1.54) is 6.21 Å². The van der Waals surface area contributed by atoms with Gasteiger partial charge in [-0.1, -0.05) is 41.8 Å². The van der Waals surface area contributed by atoms with Crippen molar-refractivity contribution in [1.82, 2.24) is 0 Å². The van der Waals surface area contributed by atoms with Crippen molar-refractivity contribution < 1.29 is 4.48 Å². The van der Waals surface area contributed by atoms with E-state index in [4.69, 9.17) is 0 Å². The van der Waals surface area contributed by atoms with Crippen LogP contribution in [-0.2, 0) is 0 Å². The molecule has 0 aromatic rings. The molecule has 0 bridgehead atoms. The number of hydrogen-bond donors (Lipinski definition) is 0. The van der Waals surface area contributed by atoms with Crippen LogP contribution in [0.5, 0.6) is 0 Å². The van der Waals surface area contributed by atoms with E-state index < -0.39 is 0 Å². The second-order valence-electron chi connectivity index (χ2n) is 1.91. The Labute approximate surface area is 67.3 Å². The summed E-state index contributed by atoms with van der Waals surface area (Å²) in [5.74, 6) is 0. The van der Waals surface area contributed by atoms with Gasteiger partial charge < -0.3 is 0 Å². The van der Waals surface area contributed by atoms with E-state index in [0.29, 0.717) is 0 Å². The molecule has 0 unspecified atom stereocenters. The third-order valence-electron chi connectivity index (χ3n) is 1.22. The number of halogens is 1. The van der Waals surface area contributed by atoms with Crippen molar-refractivity contribution in [2.24, 2.45) is 5.21 Å². The molecule has 1 nitrogen and oxygen atoms in total. The molecule has 0 heterocycles. The summed E-state index contributed by atoms with van der Waals surface area (Å²) in [4.78, 5) is 0. The Hall–Kier alpha value is -0.920. The Morgan fingerprint density at radius 3 is 2.64 bits per heavy atom. The standard InChI is InChI=1S/C7H8FN.C2H6/c8-9-6-7-4-2-1-3-5-7;1-2/h2,4-6H,1,3H2;1-2H3/b9-6+;. The van der Waals surface area contributed by atoms with Crippen molar-refractivity contribution in [2.45, 2.75) is 26.7 Å². The van der Waals surface area contributed by atoms with Gasteiger partial charge in [-0.15, -0.1) is 0 Å². The number of hydrogen-bond acceptors (Lipinski definition) is 1. The zero-order valence-electron chi connectivity index (χ0n) is 7.05. The van der Waals surface area contributed by atoms with Gasteiger partial charge in [0.05, 0.1) is 6.21 Å². The normalized spacial score (nSPS) is 15.7. The zero-order chi connectivity index (χ0) is 8.53. The summed E-state index contributed by atoms with van der Waals surface area (Å²) in [5.41, 5.74) is 0.865. The third kappa shape index (κ3) is 4.48. The third-order valence-corrected chi connectivity index (χ3v) is 1.22. The SMILES string of the molecule is CC.F/N=C/C1=CCCC=C1. The highest BCUT2D eigenvalue weighted by Gasteiger charge is 1.91. The van der Waals surface area contributed by atoms with Crippen LogP contribution in [0.2, 0.25) is 0 Å². The van der Waals surface area contributed by atoms with Crippen molar-refractivity contribution in [3.63, 3.8) is 0 Å². The molecule has 0 saturated carbocycles. The van der Waals surface area contributed by atoms with Crippen LogP contribution in [0.3, 0.4) is 0 Å². The van der Waals surface area contributed by atoms with Crippen LogP contribution in [-0.4, -0.2) is 6.21 Å². The highest BCUT2D eigenvalue weighted by molar-refractivity contribution is 5.81. The number of nitrogens with zero attached hydrogens (tertiary/aromatic N) is 1. The Morgan fingerprint density at radius 1 is 1.45 bits per heavy atom. The fourth-order valence-corrected chi connectivity index (χ4v) is 0.786. The van der Waals surface area contributed by atoms with Gasteiger partial charge in [0.15, 0.2) is 0 Å². The van der Waals surface area contributed by atoms with Crippen molar-refractivity contribution in [2.75, 3.05) is 0 Å². The average Bonchev–Trinajstić information content (AvgIpc) is 2.11. The van der Waals surface area contributed by atoms with Gasteiger partial charge in [0.25, 0.3) is 0 Å². The monoisotopic (exact) mass is 155 g/mol. The maximum absolute atomic E-state index is 11.3. The molecule has 1 aliphatic rings. The van der Waals surface area contributed by atoms with Gasteiger partial charge in [-0.25, -0.2) is 0 Å². The average molecular weight is 155 g/mol. The predicted molar refractivity (Wildman–Crippen MR) is 47.4 cm³/mol. The summed E-state index contributed by atoms with van der Waals surface area (Å²) in [6.45, 7) is 4.00. The number of allylic oxidation sites excluding steroid dienone is 4. The van der Waals surface area contributed by atoms with Crippen molar-refractivity contribution in [1.29, 1.82) is 0 Å². The second kappa shape index (κ2) is 7.19. The van der Waals surface area contributed by atoms with Crippen LogP contribution in [0, 0.1) is 0 Å². The lowest BCUT2D eigenvalue weighted by Gasteiger charge is -1.97. The lowest BCUT2D eigenvalue weighted by Crippen LogP contribution is -1.83. The van der Waals surface area contributed by atoms with Gasteiger partial charge in [-0.05, 0) is 18.4 Å². The van der Waals surface area contributed by atoms with E-state index in [2.05, 4.69) is 5.21 Å². The second-order valence-corrected chi connectivity index (χ2v) is 1.91.